The Bertz CT molecular complexity index is 141. The molecule has 14 heavy (non-hydrogen) atoms. The minimum atomic E-state index is 0.481. The highest BCUT2D eigenvalue weighted by Gasteiger charge is 2.08. The van der Waals surface area contributed by atoms with Gasteiger partial charge in [0.25, 0.3) is 0 Å². The summed E-state index contributed by atoms with van der Waals surface area (Å²) in [7, 11) is 0. The molecule has 0 aliphatic carbocycles. The van der Waals surface area contributed by atoms with E-state index in [4.69, 9.17) is 0 Å². The quantitative estimate of drug-likeness (QED) is 0.542. The van der Waals surface area contributed by atoms with E-state index in [1.165, 1.54) is 25.7 Å². The smallest absolute Gasteiger partial charge is 0.0346 e. The van der Waals surface area contributed by atoms with Crippen LogP contribution in [0.5, 0.6) is 0 Å². The lowest BCUT2D eigenvalue weighted by Crippen LogP contribution is -2.03. The summed E-state index contributed by atoms with van der Waals surface area (Å²) in [6.45, 7) is 13.8. The molecule has 0 bridgehead atoms. The summed E-state index contributed by atoms with van der Waals surface area (Å²) in [4.78, 5) is 0. The molecule has 0 saturated carbocycles. The minimum Gasteiger partial charge on any atom is -0.0885 e. The van der Waals surface area contributed by atoms with E-state index in [2.05, 4.69) is 53.7 Å². The van der Waals surface area contributed by atoms with Crippen molar-refractivity contribution in [3.05, 3.63) is 12.2 Å². The third-order valence-corrected chi connectivity index (χ3v) is 2.29. The van der Waals surface area contributed by atoms with Gasteiger partial charge in [-0.05, 0) is 36.5 Å². The standard InChI is InChI=1S/C14H28/c1-13(2,3)11-9-7-8-10-12-14(4,5)6/h7-8H,9-12H2,1-6H3. The molecule has 0 rings (SSSR count). The average Bonchev–Trinajstić information content (AvgIpc) is 1.92. The fourth-order valence-electron chi connectivity index (χ4n) is 1.27. The Hall–Kier alpha value is -0.260. The van der Waals surface area contributed by atoms with E-state index in [9.17, 15) is 0 Å². The van der Waals surface area contributed by atoms with Gasteiger partial charge in [-0.25, -0.2) is 0 Å². The van der Waals surface area contributed by atoms with Gasteiger partial charge in [-0.2, -0.15) is 0 Å². The van der Waals surface area contributed by atoms with E-state index >= 15 is 0 Å². The number of rotatable bonds is 4. The van der Waals surface area contributed by atoms with Crippen molar-refractivity contribution < 1.29 is 0 Å². The van der Waals surface area contributed by atoms with E-state index in [0.717, 1.165) is 0 Å². The summed E-state index contributed by atoms with van der Waals surface area (Å²) in [5, 5.41) is 0. The monoisotopic (exact) mass is 196 g/mol. The minimum absolute atomic E-state index is 0.481. The second-order valence-corrected chi connectivity index (χ2v) is 6.67. The van der Waals surface area contributed by atoms with E-state index in [-0.39, 0.29) is 0 Å². The number of hydrogen-bond donors (Lipinski definition) is 0. The van der Waals surface area contributed by atoms with Crippen LogP contribution >= 0.6 is 0 Å². The first-order valence-corrected chi connectivity index (χ1v) is 5.86. The van der Waals surface area contributed by atoms with Crippen LogP contribution in [0, 0.1) is 10.8 Å². The van der Waals surface area contributed by atoms with Crippen LogP contribution in [-0.4, -0.2) is 0 Å². The Kier molecular flexibility index (Phi) is 5.48. The van der Waals surface area contributed by atoms with Crippen LogP contribution in [0.1, 0.15) is 67.2 Å². The molecule has 0 fully saturated rings. The fourth-order valence-corrected chi connectivity index (χ4v) is 1.27. The van der Waals surface area contributed by atoms with Crippen molar-refractivity contribution in [1.82, 2.24) is 0 Å². The predicted molar refractivity (Wildman–Crippen MR) is 66.5 cm³/mol. The molecule has 0 radical (unpaired) electrons. The largest absolute Gasteiger partial charge is 0.0885 e. The molecule has 0 spiro atoms. The third-order valence-electron chi connectivity index (χ3n) is 2.29. The summed E-state index contributed by atoms with van der Waals surface area (Å²) in [5.41, 5.74) is 0.961. The van der Waals surface area contributed by atoms with E-state index in [1.807, 2.05) is 0 Å². The zero-order valence-corrected chi connectivity index (χ0v) is 11.0. The van der Waals surface area contributed by atoms with E-state index in [1.54, 1.807) is 0 Å². The van der Waals surface area contributed by atoms with Crippen LogP contribution in [0.25, 0.3) is 0 Å². The van der Waals surface area contributed by atoms with Crippen molar-refractivity contribution in [1.29, 1.82) is 0 Å². The SMILES string of the molecule is CC(C)(C)CCC=CCCC(C)(C)C. The van der Waals surface area contributed by atoms with Gasteiger partial charge in [0, 0.05) is 0 Å². The second kappa shape index (κ2) is 5.58. The molecule has 0 N–H and O–H groups in total. The Labute approximate surface area is 90.8 Å². The van der Waals surface area contributed by atoms with Crippen molar-refractivity contribution in [2.45, 2.75) is 67.2 Å². The predicted octanol–water partition coefficient (Wildman–Crippen LogP) is 5.20. The van der Waals surface area contributed by atoms with Crippen LogP contribution in [0.15, 0.2) is 12.2 Å². The Balaban J connectivity index is 3.47. The van der Waals surface area contributed by atoms with Gasteiger partial charge in [-0.3, -0.25) is 0 Å². The summed E-state index contributed by atoms with van der Waals surface area (Å²) >= 11 is 0. The Morgan fingerprint density at radius 1 is 0.643 bits per heavy atom. The maximum Gasteiger partial charge on any atom is -0.0346 e. The van der Waals surface area contributed by atoms with Crippen LogP contribution in [0.2, 0.25) is 0 Å². The molecule has 0 nitrogen and oxygen atoms in total. The molecule has 0 heterocycles. The molecule has 0 aromatic heterocycles. The van der Waals surface area contributed by atoms with Gasteiger partial charge in [0.05, 0.1) is 0 Å². The highest BCUT2D eigenvalue weighted by molar-refractivity contribution is 4.84. The molecule has 0 aromatic rings. The van der Waals surface area contributed by atoms with Gasteiger partial charge in [-0.15, -0.1) is 0 Å². The fraction of sp³-hybridized carbons (Fsp3) is 0.857. The maximum absolute atomic E-state index is 2.34. The molecule has 0 aromatic carbocycles. The van der Waals surface area contributed by atoms with E-state index < -0.39 is 0 Å². The highest BCUT2D eigenvalue weighted by atomic mass is 14.1. The van der Waals surface area contributed by atoms with Gasteiger partial charge < -0.3 is 0 Å². The van der Waals surface area contributed by atoms with Gasteiger partial charge in [0.15, 0.2) is 0 Å². The average molecular weight is 196 g/mol. The van der Waals surface area contributed by atoms with Crippen LogP contribution in [0.3, 0.4) is 0 Å². The molecular formula is C14H28. The van der Waals surface area contributed by atoms with Crippen molar-refractivity contribution >= 4 is 0 Å². The zero-order valence-electron chi connectivity index (χ0n) is 11.0. The topological polar surface area (TPSA) is 0 Å². The van der Waals surface area contributed by atoms with Crippen LogP contribution in [0.4, 0.5) is 0 Å². The first kappa shape index (κ1) is 13.7. The van der Waals surface area contributed by atoms with Crippen molar-refractivity contribution in [3.63, 3.8) is 0 Å². The summed E-state index contributed by atoms with van der Waals surface area (Å²) in [5.74, 6) is 0. The molecule has 0 atom stereocenters. The molecular weight excluding hydrogens is 168 g/mol. The molecule has 84 valence electrons. The zero-order chi connectivity index (χ0) is 11.2. The van der Waals surface area contributed by atoms with Gasteiger partial charge >= 0.3 is 0 Å². The van der Waals surface area contributed by atoms with Crippen molar-refractivity contribution in [2.24, 2.45) is 10.8 Å². The summed E-state index contributed by atoms with van der Waals surface area (Å²) in [6, 6.07) is 0. The summed E-state index contributed by atoms with van der Waals surface area (Å²) < 4.78 is 0. The second-order valence-electron chi connectivity index (χ2n) is 6.67. The number of allylic oxidation sites excluding steroid dienone is 2. The molecule has 0 heteroatoms. The molecule has 0 unspecified atom stereocenters. The molecule has 0 aliphatic heterocycles. The third kappa shape index (κ3) is 11.7. The van der Waals surface area contributed by atoms with Crippen molar-refractivity contribution in [3.8, 4) is 0 Å². The highest BCUT2D eigenvalue weighted by Crippen LogP contribution is 2.22. The first-order valence-electron chi connectivity index (χ1n) is 5.86. The maximum atomic E-state index is 2.34. The van der Waals surface area contributed by atoms with Gasteiger partial charge in [0.2, 0.25) is 0 Å². The van der Waals surface area contributed by atoms with Gasteiger partial charge in [-0.1, -0.05) is 53.7 Å². The normalized spacial score (nSPS) is 13.9. The Morgan fingerprint density at radius 2 is 0.929 bits per heavy atom. The molecule has 0 amide bonds. The lowest BCUT2D eigenvalue weighted by Gasteiger charge is -2.17. The first-order chi connectivity index (χ1) is 6.21. The number of hydrogen-bond acceptors (Lipinski definition) is 0. The van der Waals surface area contributed by atoms with E-state index in [0.29, 0.717) is 10.8 Å². The molecule has 0 aliphatic rings. The molecule has 0 saturated heterocycles. The van der Waals surface area contributed by atoms with Crippen LogP contribution < -0.4 is 0 Å². The lowest BCUT2D eigenvalue weighted by atomic mass is 9.89. The van der Waals surface area contributed by atoms with Crippen LogP contribution in [-0.2, 0) is 0 Å². The van der Waals surface area contributed by atoms with Crippen molar-refractivity contribution in [2.75, 3.05) is 0 Å². The summed E-state index contributed by atoms with van der Waals surface area (Å²) in [6.07, 6.45) is 9.73. The van der Waals surface area contributed by atoms with Gasteiger partial charge in [0.1, 0.15) is 0 Å². The lowest BCUT2D eigenvalue weighted by molar-refractivity contribution is 0.377. The Morgan fingerprint density at radius 3 is 1.14 bits per heavy atom.